The first kappa shape index (κ1) is 18.7. The minimum absolute atomic E-state index is 0.0460. The minimum atomic E-state index is -0.0460. The summed E-state index contributed by atoms with van der Waals surface area (Å²) in [4.78, 5) is 14.9. The highest BCUT2D eigenvalue weighted by atomic mass is 16.5. The van der Waals surface area contributed by atoms with Gasteiger partial charge in [-0.3, -0.25) is 9.69 Å². The highest BCUT2D eigenvalue weighted by molar-refractivity contribution is 5.94. The number of hydrogen-bond acceptors (Lipinski definition) is 4. The number of methoxy groups -OCH3 is 1. The second-order valence-corrected chi connectivity index (χ2v) is 6.83. The number of nitrogens with zero attached hydrogens (tertiary/aromatic N) is 1. The normalized spacial score (nSPS) is 16.9. The molecule has 1 aliphatic rings. The van der Waals surface area contributed by atoms with E-state index in [-0.39, 0.29) is 5.91 Å². The van der Waals surface area contributed by atoms with Gasteiger partial charge in [-0.2, -0.15) is 0 Å². The Labute approximate surface area is 145 Å². The lowest BCUT2D eigenvalue weighted by Gasteiger charge is -2.35. The van der Waals surface area contributed by atoms with Gasteiger partial charge in [0.15, 0.2) is 0 Å². The summed E-state index contributed by atoms with van der Waals surface area (Å²) in [5.41, 5.74) is 1.67. The predicted molar refractivity (Wildman–Crippen MR) is 95.7 cm³/mol. The fourth-order valence-electron chi connectivity index (χ4n) is 3.12. The summed E-state index contributed by atoms with van der Waals surface area (Å²) < 4.78 is 10.8. The number of ether oxygens (including phenoxy) is 2. The standard InChI is InChI=1S/C19H30N2O3/c1-14(2)11-17(21-7-9-24-10-8-21)13-20-19(22)16-6-5-15(3)18(12-16)23-4/h5-6,12,14,17H,7-11,13H2,1-4H3,(H,20,22). The van der Waals surface area contributed by atoms with E-state index in [1.807, 2.05) is 19.1 Å². The molecule has 1 unspecified atom stereocenters. The Morgan fingerprint density at radius 2 is 2.04 bits per heavy atom. The maximum atomic E-state index is 12.5. The molecule has 1 amide bonds. The summed E-state index contributed by atoms with van der Waals surface area (Å²) in [5, 5.41) is 3.10. The molecule has 0 aromatic heterocycles. The third-order valence-corrected chi connectivity index (χ3v) is 4.47. The first-order chi connectivity index (χ1) is 11.5. The maximum absolute atomic E-state index is 12.5. The summed E-state index contributed by atoms with van der Waals surface area (Å²) in [7, 11) is 1.63. The third kappa shape index (κ3) is 5.21. The van der Waals surface area contributed by atoms with E-state index in [0.717, 1.165) is 44.0 Å². The Morgan fingerprint density at radius 1 is 1.33 bits per heavy atom. The number of aryl methyl sites for hydroxylation is 1. The van der Waals surface area contributed by atoms with Crippen LogP contribution in [-0.2, 0) is 4.74 Å². The quantitative estimate of drug-likeness (QED) is 0.832. The lowest BCUT2D eigenvalue weighted by molar-refractivity contribution is 0.0124. The summed E-state index contributed by atoms with van der Waals surface area (Å²) in [6.07, 6.45) is 1.07. The average molecular weight is 334 g/mol. The first-order valence-corrected chi connectivity index (χ1v) is 8.76. The van der Waals surface area contributed by atoms with Crippen LogP contribution in [0.1, 0.15) is 36.2 Å². The van der Waals surface area contributed by atoms with Gasteiger partial charge < -0.3 is 14.8 Å². The van der Waals surface area contributed by atoms with Gasteiger partial charge in [-0.05, 0) is 37.0 Å². The number of amides is 1. The van der Waals surface area contributed by atoms with Crippen LogP contribution in [0.5, 0.6) is 5.75 Å². The molecule has 0 aliphatic carbocycles. The molecular weight excluding hydrogens is 304 g/mol. The molecule has 0 saturated carbocycles. The van der Waals surface area contributed by atoms with Crippen molar-refractivity contribution in [1.29, 1.82) is 0 Å². The second-order valence-electron chi connectivity index (χ2n) is 6.83. The van der Waals surface area contributed by atoms with E-state index < -0.39 is 0 Å². The molecule has 1 heterocycles. The molecule has 24 heavy (non-hydrogen) atoms. The van der Waals surface area contributed by atoms with E-state index in [2.05, 4.69) is 24.1 Å². The molecule has 1 aromatic carbocycles. The SMILES string of the molecule is COc1cc(C(=O)NCC(CC(C)C)N2CCOCC2)ccc1C. The number of carbonyl (C=O) groups excluding carboxylic acids is 1. The van der Waals surface area contributed by atoms with Crippen LogP contribution in [0.15, 0.2) is 18.2 Å². The number of nitrogens with one attached hydrogen (secondary N) is 1. The van der Waals surface area contributed by atoms with Crippen molar-refractivity contribution in [2.75, 3.05) is 40.0 Å². The molecule has 1 aliphatic heterocycles. The number of morpholine rings is 1. The van der Waals surface area contributed by atoms with Gasteiger partial charge in [0.2, 0.25) is 0 Å². The van der Waals surface area contributed by atoms with Crippen LogP contribution in [0, 0.1) is 12.8 Å². The van der Waals surface area contributed by atoms with Crippen molar-refractivity contribution in [2.45, 2.75) is 33.2 Å². The molecule has 0 radical (unpaired) electrons. The van der Waals surface area contributed by atoms with E-state index in [9.17, 15) is 4.79 Å². The fourth-order valence-corrected chi connectivity index (χ4v) is 3.12. The minimum Gasteiger partial charge on any atom is -0.496 e. The Balaban J connectivity index is 1.98. The van der Waals surface area contributed by atoms with Gasteiger partial charge >= 0.3 is 0 Å². The molecule has 1 fully saturated rings. The largest absolute Gasteiger partial charge is 0.496 e. The highest BCUT2D eigenvalue weighted by Gasteiger charge is 2.22. The second kappa shape index (κ2) is 9.04. The summed E-state index contributed by atoms with van der Waals surface area (Å²) in [5.74, 6) is 1.29. The Hall–Kier alpha value is -1.59. The van der Waals surface area contributed by atoms with Crippen molar-refractivity contribution in [3.05, 3.63) is 29.3 Å². The van der Waals surface area contributed by atoms with Crippen LogP contribution in [0.2, 0.25) is 0 Å². The summed E-state index contributed by atoms with van der Waals surface area (Å²) in [6, 6.07) is 5.92. The molecule has 0 bridgehead atoms. The Kier molecular flexibility index (Phi) is 7.06. The van der Waals surface area contributed by atoms with Gasteiger partial charge in [0, 0.05) is 31.2 Å². The van der Waals surface area contributed by atoms with E-state index in [1.54, 1.807) is 13.2 Å². The number of carbonyl (C=O) groups is 1. The number of hydrogen-bond donors (Lipinski definition) is 1. The van der Waals surface area contributed by atoms with Crippen LogP contribution in [0.3, 0.4) is 0 Å². The topological polar surface area (TPSA) is 50.8 Å². The molecule has 1 aromatic rings. The molecule has 1 N–H and O–H groups in total. The zero-order valence-corrected chi connectivity index (χ0v) is 15.3. The van der Waals surface area contributed by atoms with E-state index in [1.165, 1.54) is 0 Å². The van der Waals surface area contributed by atoms with E-state index in [4.69, 9.17) is 9.47 Å². The monoisotopic (exact) mass is 334 g/mol. The first-order valence-electron chi connectivity index (χ1n) is 8.76. The smallest absolute Gasteiger partial charge is 0.251 e. The maximum Gasteiger partial charge on any atom is 0.251 e. The van der Waals surface area contributed by atoms with Crippen molar-refractivity contribution >= 4 is 5.91 Å². The van der Waals surface area contributed by atoms with Crippen LogP contribution in [0.25, 0.3) is 0 Å². The third-order valence-electron chi connectivity index (χ3n) is 4.47. The summed E-state index contributed by atoms with van der Waals surface area (Å²) in [6.45, 7) is 10.5. The number of benzene rings is 1. The fraction of sp³-hybridized carbons (Fsp3) is 0.632. The van der Waals surface area contributed by atoms with Gasteiger partial charge in [-0.25, -0.2) is 0 Å². The van der Waals surface area contributed by atoms with Crippen molar-refractivity contribution in [3.63, 3.8) is 0 Å². The van der Waals surface area contributed by atoms with Crippen LogP contribution < -0.4 is 10.1 Å². The highest BCUT2D eigenvalue weighted by Crippen LogP contribution is 2.19. The van der Waals surface area contributed by atoms with Crippen LogP contribution >= 0.6 is 0 Å². The van der Waals surface area contributed by atoms with Gasteiger partial charge in [-0.1, -0.05) is 19.9 Å². The Morgan fingerprint density at radius 3 is 2.67 bits per heavy atom. The number of rotatable bonds is 7. The zero-order valence-electron chi connectivity index (χ0n) is 15.3. The molecule has 1 atom stereocenters. The van der Waals surface area contributed by atoms with Crippen LogP contribution in [0.4, 0.5) is 0 Å². The van der Waals surface area contributed by atoms with E-state index >= 15 is 0 Å². The Bertz CT molecular complexity index is 539. The lowest BCUT2D eigenvalue weighted by Crippen LogP contribution is -2.49. The van der Waals surface area contributed by atoms with Gasteiger partial charge in [0.05, 0.1) is 20.3 Å². The zero-order chi connectivity index (χ0) is 17.5. The van der Waals surface area contributed by atoms with Crippen LogP contribution in [-0.4, -0.2) is 56.8 Å². The van der Waals surface area contributed by atoms with Crippen molar-refractivity contribution in [2.24, 2.45) is 5.92 Å². The average Bonchev–Trinajstić information content (AvgIpc) is 2.59. The van der Waals surface area contributed by atoms with Gasteiger partial charge in [0.1, 0.15) is 5.75 Å². The molecule has 2 rings (SSSR count). The predicted octanol–water partition coefficient (Wildman–Crippen LogP) is 2.48. The van der Waals surface area contributed by atoms with Crippen molar-refractivity contribution < 1.29 is 14.3 Å². The molecule has 1 saturated heterocycles. The van der Waals surface area contributed by atoms with Crippen molar-refractivity contribution in [1.82, 2.24) is 10.2 Å². The molecule has 5 nitrogen and oxygen atoms in total. The molecule has 5 heteroatoms. The van der Waals surface area contributed by atoms with Gasteiger partial charge in [0.25, 0.3) is 5.91 Å². The lowest BCUT2D eigenvalue weighted by atomic mass is 10.0. The van der Waals surface area contributed by atoms with Gasteiger partial charge in [-0.15, -0.1) is 0 Å². The summed E-state index contributed by atoms with van der Waals surface area (Å²) >= 11 is 0. The van der Waals surface area contributed by atoms with Crippen molar-refractivity contribution in [3.8, 4) is 5.75 Å². The molecular formula is C19H30N2O3. The van der Waals surface area contributed by atoms with E-state index in [0.29, 0.717) is 24.1 Å². The molecule has 134 valence electrons. The molecule has 0 spiro atoms.